The molecular weight excluding hydrogens is 382 g/mol. The molecule has 0 saturated heterocycles. The van der Waals surface area contributed by atoms with Gasteiger partial charge in [-0.15, -0.1) is 11.8 Å². The molecule has 6 nitrogen and oxygen atoms in total. The van der Waals surface area contributed by atoms with Crippen molar-refractivity contribution >= 4 is 39.6 Å². The zero-order valence-electron chi connectivity index (χ0n) is 15.8. The van der Waals surface area contributed by atoms with Gasteiger partial charge in [-0.3, -0.25) is 9.10 Å². The van der Waals surface area contributed by atoms with E-state index >= 15 is 0 Å². The molecule has 0 spiro atoms. The number of nitrogens with one attached hydrogen (secondary N) is 1. The molecule has 0 aromatic heterocycles. The third-order valence-corrected chi connectivity index (χ3v) is 5.92. The lowest BCUT2D eigenvalue weighted by atomic mass is 10.1. The lowest BCUT2D eigenvalue weighted by Gasteiger charge is -2.23. The summed E-state index contributed by atoms with van der Waals surface area (Å²) in [6, 6.07) is 13.0. The van der Waals surface area contributed by atoms with Crippen LogP contribution < -0.4 is 9.73 Å². The van der Waals surface area contributed by atoms with E-state index in [0.717, 1.165) is 32.1 Å². The van der Waals surface area contributed by atoms with Crippen LogP contribution in [0.5, 0.6) is 0 Å². The number of sulfonamides is 1. The maximum absolute atomic E-state index is 12.2. The van der Waals surface area contributed by atoms with Crippen molar-refractivity contribution in [3.63, 3.8) is 0 Å². The van der Waals surface area contributed by atoms with E-state index < -0.39 is 15.9 Å². The first kappa shape index (κ1) is 21.0. The van der Waals surface area contributed by atoms with E-state index in [0.29, 0.717) is 5.69 Å². The van der Waals surface area contributed by atoms with Crippen molar-refractivity contribution in [1.29, 1.82) is 0 Å². The number of anilines is 1. The van der Waals surface area contributed by atoms with Crippen LogP contribution in [0.1, 0.15) is 16.7 Å². The van der Waals surface area contributed by atoms with E-state index in [1.807, 2.05) is 50.4 Å². The summed E-state index contributed by atoms with van der Waals surface area (Å²) in [4.78, 5) is 13.4. The highest BCUT2D eigenvalue weighted by Gasteiger charge is 2.22. The molecule has 0 heterocycles. The molecule has 27 heavy (non-hydrogen) atoms. The van der Waals surface area contributed by atoms with E-state index in [4.69, 9.17) is 0 Å². The number of rotatable bonds is 7. The summed E-state index contributed by atoms with van der Waals surface area (Å²) in [7, 11) is -3.62. The van der Waals surface area contributed by atoms with Crippen LogP contribution in [0.25, 0.3) is 0 Å². The second-order valence-electron chi connectivity index (χ2n) is 6.06. The Labute approximate surface area is 164 Å². The standard InChI is InChI=1S/C19H23N3O3S2/c1-14-6-5-7-18(15(14)2)22(27(4,24)25)13-19(23)21-20-12-16-8-10-17(26-3)11-9-16/h5-12H,13H2,1-4H3,(H,21,23). The zero-order valence-corrected chi connectivity index (χ0v) is 17.4. The van der Waals surface area contributed by atoms with Gasteiger partial charge in [0.1, 0.15) is 6.54 Å². The van der Waals surface area contributed by atoms with Gasteiger partial charge in [0, 0.05) is 4.90 Å². The van der Waals surface area contributed by atoms with Crippen LogP contribution in [0, 0.1) is 13.8 Å². The molecule has 2 rings (SSSR count). The third-order valence-electron chi connectivity index (χ3n) is 4.05. The minimum Gasteiger partial charge on any atom is -0.271 e. The molecule has 2 aromatic carbocycles. The van der Waals surface area contributed by atoms with Crippen molar-refractivity contribution in [2.45, 2.75) is 18.7 Å². The van der Waals surface area contributed by atoms with Crippen molar-refractivity contribution in [3.05, 3.63) is 59.2 Å². The van der Waals surface area contributed by atoms with Gasteiger partial charge in [-0.25, -0.2) is 13.8 Å². The fourth-order valence-corrected chi connectivity index (χ4v) is 3.74. The van der Waals surface area contributed by atoms with Crippen LogP contribution in [-0.2, 0) is 14.8 Å². The molecule has 0 atom stereocenters. The number of hydrogen-bond acceptors (Lipinski definition) is 5. The Bertz CT molecular complexity index is 939. The van der Waals surface area contributed by atoms with E-state index in [9.17, 15) is 13.2 Å². The van der Waals surface area contributed by atoms with Crippen LogP contribution in [0.4, 0.5) is 5.69 Å². The number of hydrogen-bond donors (Lipinski definition) is 1. The summed E-state index contributed by atoms with van der Waals surface area (Å²) in [6.45, 7) is 3.38. The zero-order chi connectivity index (χ0) is 20.0. The number of benzene rings is 2. The van der Waals surface area contributed by atoms with Gasteiger partial charge in [0.25, 0.3) is 5.91 Å². The molecule has 0 saturated carbocycles. The van der Waals surface area contributed by atoms with Gasteiger partial charge < -0.3 is 0 Å². The van der Waals surface area contributed by atoms with Gasteiger partial charge in [-0.2, -0.15) is 5.10 Å². The summed E-state index contributed by atoms with van der Waals surface area (Å²) in [5.74, 6) is -0.515. The lowest BCUT2D eigenvalue weighted by molar-refractivity contribution is -0.119. The smallest absolute Gasteiger partial charge is 0.260 e. The molecule has 144 valence electrons. The number of aryl methyl sites for hydroxylation is 1. The maximum atomic E-state index is 12.2. The molecule has 0 fully saturated rings. The van der Waals surface area contributed by atoms with Gasteiger partial charge >= 0.3 is 0 Å². The second kappa shape index (κ2) is 9.05. The molecule has 0 aliphatic rings. The van der Waals surface area contributed by atoms with Crippen LogP contribution in [0.2, 0.25) is 0 Å². The number of carbonyl (C=O) groups excluding carboxylic acids is 1. The predicted molar refractivity (Wildman–Crippen MR) is 112 cm³/mol. The summed E-state index contributed by atoms with van der Waals surface area (Å²) in [5, 5.41) is 3.91. The maximum Gasteiger partial charge on any atom is 0.260 e. The van der Waals surface area contributed by atoms with E-state index in [1.54, 1.807) is 23.9 Å². The average molecular weight is 406 g/mol. The number of nitrogens with zero attached hydrogens (tertiary/aromatic N) is 2. The molecule has 0 unspecified atom stereocenters. The monoisotopic (exact) mass is 405 g/mol. The summed E-state index contributed by atoms with van der Waals surface area (Å²) < 4.78 is 25.5. The molecule has 0 aliphatic carbocycles. The molecule has 2 aromatic rings. The Morgan fingerprint density at radius 3 is 2.44 bits per heavy atom. The number of hydrazone groups is 1. The molecule has 0 bridgehead atoms. The second-order valence-corrected chi connectivity index (χ2v) is 8.84. The highest BCUT2D eigenvalue weighted by molar-refractivity contribution is 7.98. The molecule has 0 aliphatic heterocycles. The van der Waals surface area contributed by atoms with E-state index in [-0.39, 0.29) is 6.54 Å². The van der Waals surface area contributed by atoms with Crippen LogP contribution >= 0.6 is 11.8 Å². The average Bonchev–Trinajstić information content (AvgIpc) is 2.62. The summed E-state index contributed by atoms with van der Waals surface area (Å²) in [5.41, 5.74) is 5.48. The van der Waals surface area contributed by atoms with E-state index in [2.05, 4.69) is 10.5 Å². The Kier molecular flexibility index (Phi) is 7.04. The number of amides is 1. The van der Waals surface area contributed by atoms with Crippen molar-refractivity contribution < 1.29 is 13.2 Å². The largest absolute Gasteiger partial charge is 0.271 e. The van der Waals surface area contributed by atoms with E-state index in [1.165, 1.54) is 6.21 Å². The SMILES string of the molecule is CSc1ccc(C=NNC(=O)CN(c2cccc(C)c2C)S(C)(=O)=O)cc1. The molecule has 0 radical (unpaired) electrons. The minimum absolute atomic E-state index is 0.341. The van der Waals surface area contributed by atoms with Crippen molar-refractivity contribution in [2.24, 2.45) is 5.10 Å². The van der Waals surface area contributed by atoms with Gasteiger partial charge in [-0.05, 0) is 55.0 Å². The number of carbonyl (C=O) groups is 1. The fourth-order valence-electron chi connectivity index (χ4n) is 2.42. The Hall–Kier alpha value is -2.32. The quantitative estimate of drug-likeness (QED) is 0.436. The topological polar surface area (TPSA) is 78.8 Å². The Morgan fingerprint density at radius 2 is 1.85 bits per heavy atom. The predicted octanol–water partition coefficient (Wildman–Crippen LogP) is 2.94. The first-order valence-electron chi connectivity index (χ1n) is 8.22. The van der Waals surface area contributed by atoms with Crippen molar-refractivity contribution in [3.8, 4) is 0 Å². The number of thioether (sulfide) groups is 1. The van der Waals surface area contributed by atoms with Gasteiger partial charge in [0.05, 0.1) is 18.2 Å². The first-order chi connectivity index (χ1) is 12.7. The highest BCUT2D eigenvalue weighted by Crippen LogP contribution is 2.24. The van der Waals surface area contributed by atoms with Gasteiger partial charge in [-0.1, -0.05) is 24.3 Å². The third kappa shape index (κ3) is 5.83. The minimum atomic E-state index is -3.62. The molecule has 1 amide bonds. The molecule has 8 heteroatoms. The Balaban J connectivity index is 2.10. The normalized spacial score (nSPS) is 11.6. The fraction of sp³-hybridized carbons (Fsp3) is 0.263. The molecule has 1 N–H and O–H groups in total. The molecular formula is C19H23N3O3S2. The van der Waals surface area contributed by atoms with Crippen LogP contribution in [0.15, 0.2) is 52.5 Å². The van der Waals surface area contributed by atoms with Gasteiger partial charge in [0.15, 0.2) is 0 Å². The van der Waals surface area contributed by atoms with Crippen molar-refractivity contribution in [1.82, 2.24) is 5.43 Å². The summed E-state index contributed by atoms with van der Waals surface area (Å²) in [6.07, 6.45) is 4.59. The first-order valence-corrected chi connectivity index (χ1v) is 11.3. The van der Waals surface area contributed by atoms with Gasteiger partial charge in [0.2, 0.25) is 10.0 Å². The Morgan fingerprint density at radius 1 is 1.19 bits per heavy atom. The summed E-state index contributed by atoms with van der Waals surface area (Å²) >= 11 is 1.64. The van der Waals surface area contributed by atoms with Crippen molar-refractivity contribution in [2.75, 3.05) is 23.4 Å². The van der Waals surface area contributed by atoms with Crippen LogP contribution in [-0.4, -0.2) is 39.6 Å². The highest BCUT2D eigenvalue weighted by atomic mass is 32.2. The lowest BCUT2D eigenvalue weighted by Crippen LogP contribution is -2.39. The van der Waals surface area contributed by atoms with Crippen LogP contribution in [0.3, 0.4) is 0 Å².